The maximum Gasteiger partial charge on any atom is 0.0771 e. The van der Waals surface area contributed by atoms with Crippen LogP contribution in [-0.2, 0) is 5.41 Å². The Morgan fingerprint density at radius 2 is 1.10 bits per heavy atom. The number of rotatable bonds is 5. The summed E-state index contributed by atoms with van der Waals surface area (Å²) in [4.78, 5) is 3.95. The van der Waals surface area contributed by atoms with E-state index in [1.54, 1.807) is 0 Å². The zero-order valence-electron chi connectivity index (χ0n) is 27.8. The summed E-state index contributed by atoms with van der Waals surface area (Å²) < 4.78 is 0. The van der Waals surface area contributed by atoms with E-state index in [0.717, 1.165) is 0 Å². The predicted molar refractivity (Wildman–Crippen MR) is 211 cm³/mol. The van der Waals surface area contributed by atoms with Crippen molar-refractivity contribution in [3.63, 3.8) is 0 Å². The number of hydrogen-bond acceptors (Lipinski definition) is 2. The van der Waals surface area contributed by atoms with Gasteiger partial charge in [0, 0.05) is 16.3 Å². The monoisotopic (exact) mass is 657 g/mol. The van der Waals surface area contributed by atoms with Crippen molar-refractivity contribution in [1.82, 2.24) is 0 Å². The fraction of sp³-hybridized carbons (Fsp3) is 0.0833. The van der Waals surface area contributed by atoms with E-state index in [2.05, 4.69) is 200 Å². The molecule has 0 bridgehead atoms. The highest BCUT2D eigenvalue weighted by atomic mass is 32.2. The normalized spacial score (nSPS) is 19.3. The maximum atomic E-state index is 2.59. The summed E-state index contributed by atoms with van der Waals surface area (Å²) in [6.45, 7) is 2.42. The molecular weight excluding hydrogens is 623 g/mol. The lowest BCUT2D eigenvalue weighted by molar-refractivity contribution is 0.591. The molecule has 3 aliphatic rings. The van der Waals surface area contributed by atoms with E-state index in [4.69, 9.17) is 0 Å². The summed E-state index contributed by atoms with van der Waals surface area (Å²) in [5, 5.41) is 2.79. The van der Waals surface area contributed by atoms with Gasteiger partial charge in [-0.1, -0.05) is 152 Å². The number of allylic oxidation sites excluding steroid dienone is 2. The van der Waals surface area contributed by atoms with Gasteiger partial charge in [0.15, 0.2) is 0 Å². The van der Waals surface area contributed by atoms with Gasteiger partial charge in [-0.15, -0.1) is 11.8 Å². The van der Waals surface area contributed by atoms with Crippen LogP contribution in [0.4, 0.5) is 11.4 Å². The molecular formula is C48H35NS. The number of hydrogen-bond donors (Lipinski definition) is 0. The Labute approximate surface area is 298 Å². The van der Waals surface area contributed by atoms with Crippen molar-refractivity contribution in [1.29, 1.82) is 0 Å². The fourth-order valence-corrected chi connectivity index (χ4v) is 10.5. The Morgan fingerprint density at radius 3 is 1.82 bits per heavy atom. The topological polar surface area (TPSA) is 3.24 Å². The van der Waals surface area contributed by atoms with Crippen LogP contribution in [0.1, 0.15) is 34.7 Å². The molecule has 0 saturated carbocycles. The van der Waals surface area contributed by atoms with Crippen molar-refractivity contribution < 1.29 is 0 Å². The van der Waals surface area contributed by atoms with Crippen molar-refractivity contribution >= 4 is 39.5 Å². The number of anilines is 2. The van der Waals surface area contributed by atoms with E-state index in [0.29, 0.717) is 0 Å². The van der Waals surface area contributed by atoms with Gasteiger partial charge in [-0.05, 0) is 98.6 Å². The van der Waals surface area contributed by atoms with Crippen LogP contribution < -0.4 is 4.90 Å². The summed E-state index contributed by atoms with van der Waals surface area (Å²) in [6, 6.07) is 63.0. The van der Waals surface area contributed by atoms with Crippen LogP contribution >= 0.6 is 11.8 Å². The number of para-hydroxylation sites is 1. The molecule has 2 atom stereocenters. The molecule has 1 aliphatic heterocycles. The molecule has 1 nitrogen and oxygen atoms in total. The molecule has 238 valence electrons. The van der Waals surface area contributed by atoms with Crippen molar-refractivity contribution in [3.05, 3.63) is 216 Å². The van der Waals surface area contributed by atoms with E-state index in [1.807, 2.05) is 11.8 Å². The first-order valence-electron chi connectivity index (χ1n) is 17.5. The van der Waals surface area contributed by atoms with Crippen LogP contribution in [0.5, 0.6) is 0 Å². The van der Waals surface area contributed by atoms with Crippen molar-refractivity contribution in [2.45, 2.75) is 28.0 Å². The molecule has 7 aromatic carbocycles. The van der Waals surface area contributed by atoms with Crippen molar-refractivity contribution in [2.75, 3.05) is 4.90 Å². The first-order valence-corrected chi connectivity index (χ1v) is 18.3. The van der Waals surface area contributed by atoms with E-state index in [1.165, 1.54) is 71.6 Å². The van der Waals surface area contributed by atoms with Gasteiger partial charge in [0.1, 0.15) is 0 Å². The lowest BCUT2D eigenvalue weighted by atomic mass is 9.67. The van der Waals surface area contributed by atoms with Crippen molar-refractivity contribution in [2.24, 2.45) is 0 Å². The number of nitrogens with zero attached hydrogens (tertiary/aromatic N) is 1. The SMILES string of the molecule is CC1(N(c2ccccc2)c2cccc(C3(c4ccccc4)c4ccccc4-c4ccccc43)c2)C=CC=C2c3cc4ccccc4cc3SC21. The minimum Gasteiger partial charge on any atom is -0.331 e. The minimum atomic E-state index is -0.459. The molecule has 50 heavy (non-hydrogen) atoms. The largest absolute Gasteiger partial charge is 0.331 e. The Morgan fingerprint density at radius 1 is 0.520 bits per heavy atom. The third kappa shape index (κ3) is 4.15. The van der Waals surface area contributed by atoms with E-state index < -0.39 is 5.41 Å². The Hall–Kier alpha value is -5.57. The van der Waals surface area contributed by atoms with Crippen molar-refractivity contribution in [3.8, 4) is 11.1 Å². The molecule has 0 N–H and O–H groups in total. The van der Waals surface area contributed by atoms with Gasteiger partial charge in [-0.2, -0.15) is 0 Å². The lowest BCUT2D eigenvalue weighted by Crippen LogP contribution is -2.50. The zero-order valence-corrected chi connectivity index (χ0v) is 28.6. The van der Waals surface area contributed by atoms with E-state index in [9.17, 15) is 0 Å². The minimum absolute atomic E-state index is 0.208. The molecule has 0 saturated heterocycles. The van der Waals surface area contributed by atoms with Gasteiger partial charge in [0.25, 0.3) is 0 Å². The Balaban J connectivity index is 1.18. The molecule has 2 aliphatic carbocycles. The van der Waals surface area contributed by atoms with Gasteiger partial charge in [0.2, 0.25) is 0 Å². The lowest BCUT2D eigenvalue weighted by Gasteiger charge is -2.46. The number of benzene rings is 7. The fourth-order valence-electron chi connectivity index (χ4n) is 8.98. The molecule has 0 aromatic heterocycles. The third-order valence-electron chi connectivity index (χ3n) is 11.1. The molecule has 0 spiro atoms. The molecule has 0 fully saturated rings. The molecule has 0 amide bonds. The summed E-state index contributed by atoms with van der Waals surface area (Å²) in [7, 11) is 0. The van der Waals surface area contributed by atoms with E-state index in [-0.39, 0.29) is 10.8 Å². The first-order chi connectivity index (χ1) is 24.7. The second kappa shape index (κ2) is 11.2. The van der Waals surface area contributed by atoms with Gasteiger partial charge < -0.3 is 4.90 Å². The molecule has 7 aromatic rings. The van der Waals surface area contributed by atoms with E-state index >= 15 is 0 Å². The average molecular weight is 658 g/mol. The van der Waals surface area contributed by atoms with Crippen LogP contribution in [0.25, 0.3) is 27.5 Å². The predicted octanol–water partition coefficient (Wildman–Crippen LogP) is 12.2. The first kappa shape index (κ1) is 29.4. The van der Waals surface area contributed by atoms with Gasteiger partial charge in [0.05, 0.1) is 16.2 Å². The number of thioether (sulfide) groups is 1. The second-order valence-corrected chi connectivity index (χ2v) is 15.0. The highest BCUT2D eigenvalue weighted by Gasteiger charge is 2.49. The molecule has 2 unspecified atom stereocenters. The smallest absolute Gasteiger partial charge is 0.0771 e. The average Bonchev–Trinajstić information content (AvgIpc) is 3.69. The third-order valence-corrected chi connectivity index (χ3v) is 12.7. The van der Waals surface area contributed by atoms with Crippen LogP contribution in [0.2, 0.25) is 0 Å². The summed E-state index contributed by atoms with van der Waals surface area (Å²) in [5.41, 5.74) is 12.1. The quantitative estimate of drug-likeness (QED) is 0.181. The van der Waals surface area contributed by atoms with Crippen LogP contribution in [-0.4, -0.2) is 10.8 Å². The Kier molecular flexibility index (Phi) is 6.59. The highest BCUT2D eigenvalue weighted by molar-refractivity contribution is 8.01. The standard InChI is InChI=1S/C48H35NS/c1-47(29-15-26-41-42-30-33-16-8-9-17-34(33)31-45(42)50-46(41)47)49(37-21-6-3-7-22-37)38-23-14-20-36(32-38)48(35-18-4-2-5-19-35)43-27-12-10-24-39(43)40-25-11-13-28-44(40)48/h2-32,46H,1H3. The summed E-state index contributed by atoms with van der Waals surface area (Å²) >= 11 is 2.01. The zero-order chi connectivity index (χ0) is 33.3. The van der Waals surface area contributed by atoms with Crippen LogP contribution in [0.15, 0.2) is 193 Å². The van der Waals surface area contributed by atoms with Crippen LogP contribution in [0, 0.1) is 0 Å². The second-order valence-electron chi connectivity index (χ2n) is 13.8. The molecule has 0 radical (unpaired) electrons. The summed E-state index contributed by atoms with van der Waals surface area (Å²) in [6.07, 6.45) is 7.05. The van der Waals surface area contributed by atoms with Gasteiger partial charge in [-0.3, -0.25) is 0 Å². The number of fused-ring (bicyclic) bond motifs is 7. The van der Waals surface area contributed by atoms with Gasteiger partial charge in [-0.25, -0.2) is 0 Å². The molecule has 10 rings (SSSR count). The van der Waals surface area contributed by atoms with Crippen LogP contribution in [0.3, 0.4) is 0 Å². The maximum absolute atomic E-state index is 2.59. The Bertz CT molecular complexity index is 2450. The molecule has 1 heterocycles. The summed E-state index contributed by atoms with van der Waals surface area (Å²) in [5.74, 6) is 0. The van der Waals surface area contributed by atoms with Gasteiger partial charge >= 0.3 is 0 Å². The highest BCUT2D eigenvalue weighted by Crippen LogP contribution is 2.58. The molecule has 2 heteroatoms.